The van der Waals surface area contributed by atoms with Crippen molar-refractivity contribution < 1.29 is 9.47 Å². The summed E-state index contributed by atoms with van der Waals surface area (Å²) in [4.78, 5) is 4.68. The number of hydrogen-bond donors (Lipinski definition) is 0. The normalized spacial score (nSPS) is 16.6. The van der Waals surface area contributed by atoms with Gasteiger partial charge >= 0.3 is 0 Å². The van der Waals surface area contributed by atoms with Crippen LogP contribution in [-0.2, 0) is 26.2 Å². The van der Waals surface area contributed by atoms with Crippen molar-refractivity contribution >= 4 is 0 Å². The third kappa shape index (κ3) is 3.61. The predicted molar refractivity (Wildman–Crippen MR) is 109 cm³/mol. The summed E-state index contributed by atoms with van der Waals surface area (Å²) >= 11 is 0. The van der Waals surface area contributed by atoms with E-state index in [9.17, 15) is 0 Å². The Morgan fingerprint density at radius 2 is 1.00 bits per heavy atom. The summed E-state index contributed by atoms with van der Waals surface area (Å²) in [5, 5.41) is 0. The molecule has 4 nitrogen and oxygen atoms in total. The van der Waals surface area contributed by atoms with Crippen molar-refractivity contribution in [3.8, 4) is 11.5 Å². The van der Waals surface area contributed by atoms with Gasteiger partial charge in [0, 0.05) is 37.3 Å². The summed E-state index contributed by atoms with van der Waals surface area (Å²) in [7, 11) is 0. The van der Waals surface area contributed by atoms with Crippen LogP contribution in [0.2, 0.25) is 0 Å². The average molecular weight is 372 g/mol. The molecule has 2 aliphatic heterocycles. The second kappa shape index (κ2) is 7.66. The second-order valence-electron chi connectivity index (χ2n) is 7.51. The van der Waals surface area contributed by atoms with Crippen molar-refractivity contribution in [2.24, 2.45) is 0 Å². The van der Waals surface area contributed by atoms with E-state index in [0.717, 1.165) is 37.7 Å². The van der Waals surface area contributed by atoms with E-state index < -0.39 is 0 Å². The van der Waals surface area contributed by atoms with Crippen LogP contribution in [-0.4, -0.2) is 23.3 Å². The van der Waals surface area contributed by atoms with Crippen molar-refractivity contribution in [1.82, 2.24) is 9.80 Å². The highest BCUT2D eigenvalue weighted by Gasteiger charge is 2.27. The summed E-state index contributed by atoms with van der Waals surface area (Å²) in [6.45, 7) is 4.79. The first-order chi connectivity index (χ1) is 13.8. The van der Waals surface area contributed by atoms with Crippen LogP contribution >= 0.6 is 0 Å². The maximum absolute atomic E-state index is 6.08. The molecule has 3 aromatic rings. The highest BCUT2D eigenvalue weighted by Crippen LogP contribution is 2.37. The van der Waals surface area contributed by atoms with Crippen molar-refractivity contribution in [3.63, 3.8) is 0 Å². The smallest absolute Gasteiger partial charge is 0.142 e. The summed E-state index contributed by atoms with van der Waals surface area (Å²) < 4.78 is 12.2. The highest BCUT2D eigenvalue weighted by atomic mass is 16.5. The lowest BCUT2D eigenvalue weighted by Gasteiger charge is -2.35. The van der Waals surface area contributed by atoms with E-state index in [1.54, 1.807) is 0 Å². The number of benzene rings is 3. The number of ether oxygens (including phenoxy) is 2. The standard InChI is InChI=1S/C24H24N2O2/c1-3-7-19(8-4-1)13-25-15-21-22-16-26(14-20-9-5-2-6-10-20)18-28-24(22)12-11-23(21)27-17-25/h1-12H,13-18H2. The Kier molecular flexibility index (Phi) is 4.73. The number of rotatable bonds is 4. The van der Waals surface area contributed by atoms with Crippen LogP contribution < -0.4 is 9.47 Å². The molecule has 142 valence electrons. The highest BCUT2D eigenvalue weighted by molar-refractivity contribution is 5.50. The SMILES string of the molecule is c1ccc(CN2COc3ccc4c(c3C2)CN(Cc2ccccc2)CO4)cc1. The molecule has 2 aliphatic rings. The first-order valence-electron chi connectivity index (χ1n) is 9.78. The lowest BCUT2D eigenvalue weighted by atomic mass is 10.0. The van der Waals surface area contributed by atoms with E-state index in [1.165, 1.54) is 22.3 Å². The molecule has 0 fully saturated rings. The largest absolute Gasteiger partial charge is 0.478 e. The third-order valence-corrected chi connectivity index (χ3v) is 5.41. The first-order valence-corrected chi connectivity index (χ1v) is 9.78. The van der Waals surface area contributed by atoms with E-state index >= 15 is 0 Å². The van der Waals surface area contributed by atoms with Crippen LogP contribution in [0.1, 0.15) is 22.3 Å². The minimum Gasteiger partial charge on any atom is -0.478 e. The topological polar surface area (TPSA) is 24.9 Å². The molecule has 5 rings (SSSR count). The molecule has 0 saturated heterocycles. The van der Waals surface area contributed by atoms with Crippen molar-refractivity contribution in [1.29, 1.82) is 0 Å². The Morgan fingerprint density at radius 1 is 0.571 bits per heavy atom. The van der Waals surface area contributed by atoms with Gasteiger partial charge in [0.05, 0.1) is 0 Å². The van der Waals surface area contributed by atoms with E-state index in [4.69, 9.17) is 9.47 Å². The van der Waals surface area contributed by atoms with Crippen LogP contribution in [0.4, 0.5) is 0 Å². The molecule has 0 aliphatic carbocycles. The molecule has 0 amide bonds. The molecule has 0 saturated carbocycles. The monoisotopic (exact) mass is 372 g/mol. The molecule has 0 N–H and O–H groups in total. The molecule has 0 atom stereocenters. The van der Waals surface area contributed by atoms with Gasteiger partial charge in [0.1, 0.15) is 25.0 Å². The van der Waals surface area contributed by atoms with Gasteiger partial charge in [-0.3, -0.25) is 9.80 Å². The zero-order valence-electron chi connectivity index (χ0n) is 15.9. The lowest BCUT2D eigenvalue weighted by molar-refractivity contribution is 0.0726. The first kappa shape index (κ1) is 17.3. The summed E-state index contributed by atoms with van der Waals surface area (Å²) in [6, 6.07) is 25.2. The van der Waals surface area contributed by atoms with Gasteiger partial charge < -0.3 is 9.47 Å². The molecule has 2 heterocycles. The predicted octanol–water partition coefficient (Wildman–Crippen LogP) is 4.39. The Bertz CT molecular complexity index is 865. The fourth-order valence-corrected chi connectivity index (χ4v) is 4.01. The average Bonchev–Trinajstić information content (AvgIpc) is 2.75. The molecule has 0 spiro atoms. The third-order valence-electron chi connectivity index (χ3n) is 5.41. The molecule has 0 bridgehead atoms. The second-order valence-corrected chi connectivity index (χ2v) is 7.51. The van der Waals surface area contributed by atoms with E-state index in [0.29, 0.717) is 13.5 Å². The molecular weight excluding hydrogens is 348 g/mol. The fraction of sp³-hybridized carbons (Fsp3) is 0.250. The van der Waals surface area contributed by atoms with Crippen molar-refractivity contribution in [2.75, 3.05) is 13.5 Å². The van der Waals surface area contributed by atoms with Crippen LogP contribution in [0, 0.1) is 0 Å². The number of fused-ring (bicyclic) bond motifs is 3. The summed E-state index contributed by atoms with van der Waals surface area (Å²) in [5.41, 5.74) is 5.14. The molecular formula is C24H24N2O2. The Labute approximate surface area is 165 Å². The number of hydrogen-bond acceptors (Lipinski definition) is 4. The minimum atomic E-state index is 0.620. The Balaban J connectivity index is 1.36. The minimum absolute atomic E-state index is 0.620. The molecule has 0 unspecified atom stereocenters. The van der Waals surface area contributed by atoms with E-state index in [-0.39, 0.29) is 0 Å². The lowest BCUT2D eigenvalue weighted by Crippen LogP contribution is -2.36. The quantitative estimate of drug-likeness (QED) is 0.678. The van der Waals surface area contributed by atoms with E-state index in [2.05, 4.69) is 82.6 Å². The van der Waals surface area contributed by atoms with Gasteiger partial charge in [-0.05, 0) is 23.3 Å². The summed E-state index contributed by atoms with van der Waals surface area (Å²) in [5.74, 6) is 1.99. The zero-order chi connectivity index (χ0) is 18.8. The molecule has 3 aromatic carbocycles. The van der Waals surface area contributed by atoms with Crippen LogP contribution in [0.15, 0.2) is 72.8 Å². The Morgan fingerprint density at radius 3 is 1.43 bits per heavy atom. The molecule has 0 radical (unpaired) electrons. The fourth-order valence-electron chi connectivity index (χ4n) is 4.01. The van der Waals surface area contributed by atoms with Gasteiger partial charge in [0.15, 0.2) is 0 Å². The van der Waals surface area contributed by atoms with Gasteiger partial charge in [-0.25, -0.2) is 0 Å². The molecule has 28 heavy (non-hydrogen) atoms. The van der Waals surface area contributed by atoms with Gasteiger partial charge in [-0.2, -0.15) is 0 Å². The maximum Gasteiger partial charge on any atom is 0.142 e. The van der Waals surface area contributed by atoms with Crippen LogP contribution in [0.5, 0.6) is 11.5 Å². The van der Waals surface area contributed by atoms with Crippen molar-refractivity contribution in [3.05, 3.63) is 95.1 Å². The van der Waals surface area contributed by atoms with E-state index in [1.807, 2.05) is 0 Å². The maximum atomic E-state index is 6.08. The van der Waals surface area contributed by atoms with Gasteiger partial charge in [0.2, 0.25) is 0 Å². The molecule has 0 aromatic heterocycles. The van der Waals surface area contributed by atoms with Crippen LogP contribution in [0.3, 0.4) is 0 Å². The van der Waals surface area contributed by atoms with Crippen molar-refractivity contribution in [2.45, 2.75) is 26.2 Å². The van der Waals surface area contributed by atoms with Gasteiger partial charge in [0.25, 0.3) is 0 Å². The van der Waals surface area contributed by atoms with Gasteiger partial charge in [-0.1, -0.05) is 60.7 Å². The van der Waals surface area contributed by atoms with Crippen LogP contribution in [0.25, 0.3) is 0 Å². The molecule has 4 heteroatoms. The zero-order valence-corrected chi connectivity index (χ0v) is 15.9. The Hall–Kier alpha value is -2.82. The summed E-state index contributed by atoms with van der Waals surface area (Å²) in [6.07, 6.45) is 0. The van der Waals surface area contributed by atoms with Gasteiger partial charge in [-0.15, -0.1) is 0 Å². The number of nitrogens with zero attached hydrogens (tertiary/aromatic N) is 2.